The molecular weight excluding hydrogens is 381 g/mol. The second kappa shape index (κ2) is 7.63. The van der Waals surface area contributed by atoms with E-state index in [0.717, 1.165) is 38.8 Å². The quantitative estimate of drug-likeness (QED) is 0.620. The molecule has 2 aliphatic rings. The number of Topliss-reactive ketones (excluding diaryl/α,β-unsaturated/α-hetero) is 1. The van der Waals surface area contributed by atoms with Gasteiger partial charge in [0.2, 0.25) is 0 Å². The smallest absolute Gasteiger partial charge is 0.303 e. The maximum Gasteiger partial charge on any atom is 0.303 e. The monoisotopic (exact) mass is 405 g/mol. The Morgan fingerprint density at radius 1 is 0.867 bits per heavy atom. The summed E-state index contributed by atoms with van der Waals surface area (Å²) < 4.78 is 13.5. The molecule has 2 N–H and O–H groups in total. The Kier molecular flexibility index (Phi) is 4.81. The lowest BCUT2D eigenvalue weighted by Gasteiger charge is -2.32. The lowest BCUT2D eigenvalue weighted by molar-refractivity contribution is -1.02. The Morgan fingerprint density at radius 3 is 2.43 bits per heavy atom. The minimum atomic E-state index is -0.607. The van der Waals surface area contributed by atoms with E-state index in [1.165, 1.54) is 43.2 Å². The van der Waals surface area contributed by atoms with Gasteiger partial charge in [-0.05, 0) is 29.0 Å². The number of benzene rings is 3. The van der Waals surface area contributed by atoms with Crippen molar-refractivity contribution in [2.24, 2.45) is 0 Å². The molecule has 2 heterocycles. The molecule has 0 aromatic heterocycles. The number of ketones is 1. The number of hydrogen-bond acceptors (Lipinski definition) is 2. The molecule has 3 aromatic rings. The van der Waals surface area contributed by atoms with E-state index < -0.39 is 17.5 Å². The van der Waals surface area contributed by atoms with E-state index in [1.54, 1.807) is 0 Å². The molecule has 3 aromatic carbocycles. The first kappa shape index (κ1) is 18.9. The minimum Gasteiger partial charge on any atom is -0.322 e. The van der Waals surface area contributed by atoms with Gasteiger partial charge in [-0.3, -0.25) is 14.5 Å². The molecule has 2 aliphatic heterocycles. The highest BCUT2D eigenvalue weighted by atomic mass is 19.1. The number of fused-ring (bicyclic) bond motifs is 2. The van der Waals surface area contributed by atoms with Crippen LogP contribution in [0.1, 0.15) is 15.9 Å². The van der Waals surface area contributed by atoms with Crippen LogP contribution in [0.4, 0.5) is 10.1 Å². The highest BCUT2D eigenvalue weighted by Gasteiger charge is 2.39. The maximum absolute atomic E-state index is 13.5. The third-order valence-electron chi connectivity index (χ3n) is 6.30. The molecule has 0 unspecified atom stereocenters. The number of quaternary nitrogens is 2. The summed E-state index contributed by atoms with van der Waals surface area (Å²) in [6, 6.07) is 19.0. The standard InChI is InChI=1S/C24H22FN3O2/c25-19-8-9-22-21(14-19)23(29)24(30)28(22)16-27-12-10-26(11-13-27)15-18-6-3-5-17-4-1-2-7-20(17)18/h1-9,14H,10-13,15-16H2/p+2. The Bertz CT molecular complexity index is 1130. The van der Waals surface area contributed by atoms with Gasteiger partial charge in [0.05, 0.1) is 11.3 Å². The molecule has 0 aliphatic carbocycles. The molecular formula is C24H24FN3O2+2. The van der Waals surface area contributed by atoms with Gasteiger partial charge in [0.1, 0.15) is 38.5 Å². The number of rotatable bonds is 4. The number of nitrogens with one attached hydrogen (secondary N) is 2. The van der Waals surface area contributed by atoms with Crippen molar-refractivity contribution in [2.45, 2.75) is 6.54 Å². The van der Waals surface area contributed by atoms with Gasteiger partial charge >= 0.3 is 5.91 Å². The van der Waals surface area contributed by atoms with E-state index in [1.807, 2.05) is 0 Å². The van der Waals surface area contributed by atoms with Gasteiger partial charge in [-0.15, -0.1) is 0 Å². The van der Waals surface area contributed by atoms with Crippen LogP contribution >= 0.6 is 0 Å². The highest BCUT2D eigenvalue weighted by molar-refractivity contribution is 6.52. The van der Waals surface area contributed by atoms with Gasteiger partial charge in [0.25, 0.3) is 5.78 Å². The van der Waals surface area contributed by atoms with Crippen molar-refractivity contribution in [1.82, 2.24) is 0 Å². The maximum atomic E-state index is 13.5. The Labute approximate surface area is 174 Å². The number of nitrogens with zero attached hydrogens (tertiary/aromatic N) is 1. The van der Waals surface area contributed by atoms with E-state index in [-0.39, 0.29) is 5.56 Å². The summed E-state index contributed by atoms with van der Waals surface area (Å²) in [6.07, 6.45) is 0. The summed E-state index contributed by atoms with van der Waals surface area (Å²) >= 11 is 0. The van der Waals surface area contributed by atoms with Crippen LogP contribution in [0.25, 0.3) is 10.8 Å². The van der Waals surface area contributed by atoms with Crippen LogP contribution in [0.15, 0.2) is 60.7 Å². The topological polar surface area (TPSA) is 46.3 Å². The summed E-state index contributed by atoms with van der Waals surface area (Å²) in [5, 5.41) is 2.58. The van der Waals surface area contributed by atoms with Gasteiger partial charge in [0.15, 0.2) is 6.67 Å². The van der Waals surface area contributed by atoms with Gasteiger partial charge in [-0.25, -0.2) is 4.39 Å². The van der Waals surface area contributed by atoms with Crippen LogP contribution in [0.5, 0.6) is 0 Å². The van der Waals surface area contributed by atoms with Gasteiger partial charge in [0, 0.05) is 5.56 Å². The van der Waals surface area contributed by atoms with Crippen LogP contribution in [0.3, 0.4) is 0 Å². The molecule has 0 saturated carbocycles. The largest absolute Gasteiger partial charge is 0.322 e. The van der Waals surface area contributed by atoms with E-state index in [9.17, 15) is 14.0 Å². The summed E-state index contributed by atoms with van der Waals surface area (Å²) in [6.45, 7) is 5.29. The van der Waals surface area contributed by atoms with Crippen molar-refractivity contribution >= 4 is 28.2 Å². The van der Waals surface area contributed by atoms with Gasteiger partial charge in [-0.1, -0.05) is 42.5 Å². The van der Waals surface area contributed by atoms with Crippen molar-refractivity contribution in [3.05, 3.63) is 77.6 Å². The predicted molar refractivity (Wildman–Crippen MR) is 112 cm³/mol. The molecule has 1 amide bonds. The fraction of sp³-hybridized carbons (Fsp3) is 0.250. The summed E-state index contributed by atoms with van der Waals surface area (Å²) in [7, 11) is 0. The normalized spacial score (nSPS) is 21.3. The Hall–Kier alpha value is -3.09. The zero-order chi connectivity index (χ0) is 20.7. The number of piperazine rings is 1. The number of hydrogen-bond donors (Lipinski definition) is 2. The predicted octanol–water partition coefficient (Wildman–Crippen LogP) is 0.449. The number of halogens is 1. The van der Waals surface area contributed by atoms with Crippen LogP contribution in [-0.2, 0) is 11.3 Å². The second-order valence-corrected chi connectivity index (χ2v) is 8.20. The summed E-state index contributed by atoms with van der Waals surface area (Å²) in [4.78, 5) is 28.9. The molecule has 1 fully saturated rings. The molecule has 0 spiro atoms. The first-order valence-electron chi connectivity index (χ1n) is 10.4. The minimum absolute atomic E-state index is 0.180. The average molecular weight is 405 g/mol. The van der Waals surface area contributed by atoms with Crippen molar-refractivity contribution < 1.29 is 23.8 Å². The number of carbonyl (C=O) groups excluding carboxylic acids is 2. The zero-order valence-electron chi connectivity index (χ0n) is 16.7. The molecule has 5 rings (SSSR count). The van der Waals surface area contributed by atoms with E-state index in [0.29, 0.717) is 12.4 Å². The molecule has 30 heavy (non-hydrogen) atoms. The van der Waals surface area contributed by atoms with Crippen LogP contribution < -0.4 is 14.7 Å². The van der Waals surface area contributed by atoms with Crippen molar-refractivity contribution in [3.63, 3.8) is 0 Å². The first-order valence-corrected chi connectivity index (χ1v) is 10.4. The highest BCUT2D eigenvalue weighted by Crippen LogP contribution is 2.28. The molecule has 0 bridgehead atoms. The summed E-state index contributed by atoms with van der Waals surface area (Å²) in [5.74, 6) is -1.65. The molecule has 152 valence electrons. The van der Waals surface area contributed by atoms with Crippen molar-refractivity contribution in [3.8, 4) is 0 Å². The average Bonchev–Trinajstić information content (AvgIpc) is 3.00. The second-order valence-electron chi connectivity index (χ2n) is 8.20. The Morgan fingerprint density at radius 2 is 1.60 bits per heavy atom. The lowest BCUT2D eigenvalue weighted by atomic mass is 10.0. The van der Waals surface area contributed by atoms with Crippen LogP contribution in [-0.4, -0.2) is 44.5 Å². The van der Waals surface area contributed by atoms with Gasteiger partial charge in [-0.2, -0.15) is 0 Å². The summed E-state index contributed by atoms with van der Waals surface area (Å²) in [5.41, 5.74) is 2.08. The first-order chi connectivity index (χ1) is 14.6. The molecule has 6 heteroatoms. The molecule has 1 saturated heterocycles. The van der Waals surface area contributed by atoms with Gasteiger partial charge < -0.3 is 9.80 Å². The fourth-order valence-electron chi connectivity index (χ4n) is 4.66. The van der Waals surface area contributed by atoms with Crippen LogP contribution in [0, 0.1) is 5.82 Å². The SMILES string of the molecule is O=C1C(=O)N(C[NH+]2CC[NH+](Cc3cccc4ccccc34)CC2)c2ccc(F)cc21. The lowest BCUT2D eigenvalue weighted by Crippen LogP contribution is -3.28. The molecule has 0 radical (unpaired) electrons. The third kappa shape index (κ3) is 3.38. The van der Waals surface area contributed by atoms with E-state index in [2.05, 4.69) is 42.5 Å². The van der Waals surface area contributed by atoms with Crippen molar-refractivity contribution in [1.29, 1.82) is 0 Å². The van der Waals surface area contributed by atoms with Crippen LogP contribution in [0.2, 0.25) is 0 Å². The molecule has 5 nitrogen and oxygen atoms in total. The zero-order valence-corrected chi connectivity index (χ0v) is 16.7. The number of anilines is 1. The fourth-order valence-corrected chi connectivity index (χ4v) is 4.66. The molecule has 0 atom stereocenters. The Balaban J connectivity index is 1.24. The number of carbonyl (C=O) groups is 2. The third-order valence-corrected chi connectivity index (χ3v) is 6.30. The van der Waals surface area contributed by atoms with Crippen molar-refractivity contribution in [2.75, 3.05) is 37.7 Å². The van der Waals surface area contributed by atoms with E-state index >= 15 is 0 Å². The van der Waals surface area contributed by atoms with E-state index in [4.69, 9.17) is 0 Å². The number of amides is 1.